The second kappa shape index (κ2) is 13.3. The van der Waals surface area contributed by atoms with Crippen LogP contribution in [0, 0.1) is 0 Å². The number of hydrazone groups is 1. The van der Waals surface area contributed by atoms with E-state index in [4.69, 9.17) is 21.1 Å². The van der Waals surface area contributed by atoms with Gasteiger partial charge in [0.15, 0.2) is 11.5 Å². The lowest BCUT2D eigenvalue weighted by Crippen LogP contribution is -2.17. The Morgan fingerprint density at radius 1 is 1.00 bits per heavy atom. The van der Waals surface area contributed by atoms with Gasteiger partial charge in [-0.1, -0.05) is 54.1 Å². The van der Waals surface area contributed by atoms with Gasteiger partial charge in [-0.25, -0.2) is 5.43 Å². The lowest BCUT2D eigenvalue weighted by molar-refractivity contribution is 0.0955. The van der Waals surface area contributed by atoms with Gasteiger partial charge in [-0.05, 0) is 81.2 Å². The summed E-state index contributed by atoms with van der Waals surface area (Å²) in [4.78, 5) is 13.7. The van der Waals surface area contributed by atoms with Crippen molar-refractivity contribution >= 4 is 51.4 Å². The molecule has 8 heteroatoms. The van der Waals surface area contributed by atoms with Crippen molar-refractivity contribution in [2.45, 2.75) is 17.3 Å². The van der Waals surface area contributed by atoms with Gasteiger partial charge >= 0.3 is 0 Å². The normalized spacial score (nSPS) is 10.9. The van der Waals surface area contributed by atoms with E-state index < -0.39 is 0 Å². The summed E-state index contributed by atoms with van der Waals surface area (Å²) in [7, 11) is 1.57. The number of hydrogen-bond donors (Lipinski definition) is 1. The van der Waals surface area contributed by atoms with Crippen molar-refractivity contribution in [2.24, 2.45) is 5.10 Å². The van der Waals surface area contributed by atoms with Crippen molar-refractivity contribution in [2.75, 3.05) is 7.11 Å². The topological polar surface area (TPSA) is 59.9 Å². The van der Waals surface area contributed by atoms with Crippen LogP contribution < -0.4 is 14.9 Å². The summed E-state index contributed by atoms with van der Waals surface area (Å²) >= 11 is 11.2. The van der Waals surface area contributed by atoms with E-state index in [2.05, 4.69) is 38.6 Å². The maximum atomic E-state index is 12.5. The molecule has 188 valence electrons. The number of thioether (sulfide) groups is 1. The first-order valence-corrected chi connectivity index (χ1v) is 13.5. The quantitative estimate of drug-likeness (QED) is 0.116. The number of ether oxygens (including phenoxy) is 2. The standard InChI is InChI=1S/C29H24BrClN2O3S/c1-35-27-16-22(15-26(30)28(27)36-18-20-9-13-24(31)14-10-20)17-32-33-29(34)23-11-7-21(8-12-23)19-37-25-5-3-2-4-6-25/h2-17H,18-19H2,1H3,(H,33,34)/b32-17-. The summed E-state index contributed by atoms with van der Waals surface area (Å²) < 4.78 is 12.2. The third-order valence-electron chi connectivity index (χ3n) is 5.29. The summed E-state index contributed by atoms with van der Waals surface area (Å²) in [6.07, 6.45) is 1.55. The largest absolute Gasteiger partial charge is 0.493 e. The van der Waals surface area contributed by atoms with E-state index in [1.165, 1.54) is 4.90 Å². The van der Waals surface area contributed by atoms with Crippen LogP contribution in [-0.2, 0) is 12.4 Å². The highest BCUT2D eigenvalue weighted by atomic mass is 79.9. The van der Waals surface area contributed by atoms with Gasteiger partial charge in [0.25, 0.3) is 5.91 Å². The summed E-state index contributed by atoms with van der Waals surface area (Å²) in [6, 6.07) is 28.8. The minimum atomic E-state index is -0.285. The Balaban J connectivity index is 1.33. The Labute approximate surface area is 234 Å². The van der Waals surface area contributed by atoms with Crippen LogP contribution in [0.1, 0.15) is 27.0 Å². The molecule has 0 aliphatic rings. The number of nitrogens with one attached hydrogen (secondary N) is 1. The van der Waals surface area contributed by atoms with Gasteiger partial charge in [-0.2, -0.15) is 5.10 Å². The van der Waals surface area contributed by atoms with Crippen molar-refractivity contribution in [3.05, 3.63) is 123 Å². The molecule has 37 heavy (non-hydrogen) atoms. The van der Waals surface area contributed by atoms with Gasteiger partial charge in [0.1, 0.15) is 6.61 Å². The summed E-state index contributed by atoms with van der Waals surface area (Å²) in [6.45, 7) is 0.360. The summed E-state index contributed by atoms with van der Waals surface area (Å²) in [5, 5.41) is 4.78. The maximum Gasteiger partial charge on any atom is 0.271 e. The van der Waals surface area contributed by atoms with Crippen LogP contribution in [0.15, 0.2) is 105 Å². The maximum absolute atomic E-state index is 12.5. The zero-order chi connectivity index (χ0) is 26.0. The molecule has 0 saturated carbocycles. The molecule has 0 saturated heterocycles. The predicted octanol–water partition coefficient (Wildman–Crippen LogP) is 7.75. The molecule has 4 rings (SSSR count). The second-order valence-corrected chi connectivity index (χ2v) is 10.3. The van der Waals surface area contributed by atoms with Gasteiger partial charge in [-0.15, -0.1) is 11.8 Å². The molecule has 0 aromatic heterocycles. The molecule has 5 nitrogen and oxygen atoms in total. The Morgan fingerprint density at radius 2 is 1.70 bits per heavy atom. The zero-order valence-corrected chi connectivity index (χ0v) is 23.1. The minimum absolute atomic E-state index is 0.285. The molecule has 0 atom stereocenters. The van der Waals surface area contributed by atoms with E-state index in [0.29, 0.717) is 33.2 Å². The summed E-state index contributed by atoms with van der Waals surface area (Å²) in [5.41, 5.74) is 5.97. The fourth-order valence-electron chi connectivity index (χ4n) is 3.36. The molecule has 1 amide bonds. The fourth-order valence-corrected chi connectivity index (χ4v) is 4.93. The van der Waals surface area contributed by atoms with Crippen molar-refractivity contribution < 1.29 is 14.3 Å². The number of methoxy groups -OCH3 is 1. The Kier molecular flexibility index (Phi) is 9.65. The Bertz CT molecular complexity index is 1360. The highest BCUT2D eigenvalue weighted by molar-refractivity contribution is 9.10. The predicted molar refractivity (Wildman–Crippen MR) is 154 cm³/mol. The Hall–Kier alpha value is -3.26. The highest BCUT2D eigenvalue weighted by Gasteiger charge is 2.12. The first-order chi connectivity index (χ1) is 18.0. The third-order valence-corrected chi connectivity index (χ3v) is 7.22. The van der Waals surface area contributed by atoms with E-state index in [9.17, 15) is 4.79 Å². The average Bonchev–Trinajstić information content (AvgIpc) is 2.92. The van der Waals surface area contributed by atoms with Gasteiger partial charge < -0.3 is 9.47 Å². The van der Waals surface area contributed by atoms with E-state index in [-0.39, 0.29) is 5.91 Å². The molecule has 0 heterocycles. The van der Waals surface area contributed by atoms with Crippen molar-refractivity contribution in [3.8, 4) is 11.5 Å². The minimum Gasteiger partial charge on any atom is -0.493 e. The van der Waals surface area contributed by atoms with Gasteiger partial charge in [-0.3, -0.25) is 4.79 Å². The number of halogens is 2. The molecule has 0 fully saturated rings. The molecule has 0 unspecified atom stereocenters. The number of amides is 1. The first kappa shape index (κ1) is 26.8. The number of carbonyl (C=O) groups excluding carboxylic acids is 1. The van der Waals surface area contributed by atoms with Crippen molar-refractivity contribution in [1.82, 2.24) is 5.43 Å². The number of benzene rings is 4. The van der Waals surface area contributed by atoms with Gasteiger partial charge in [0.05, 0.1) is 17.8 Å². The Morgan fingerprint density at radius 3 is 2.41 bits per heavy atom. The van der Waals surface area contributed by atoms with Gasteiger partial charge in [0.2, 0.25) is 0 Å². The van der Waals surface area contributed by atoms with Crippen LogP contribution >= 0.6 is 39.3 Å². The molecule has 0 aliphatic carbocycles. The number of rotatable bonds is 10. The van der Waals surface area contributed by atoms with Crippen LogP contribution in [0.4, 0.5) is 0 Å². The van der Waals surface area contributed by atoms with Crippen LogP contribution in [-0.4, -0.2) is 19.2 Å². The number of hydrogen-bond acceptors (Lipinski definition) is 5. The second-order valence-electron chi connectivity index (χ2n) is 7.95. The lowest BCUT2D eigenvalue weighted by Gasteiger charge is -2.13. The number of nitrogens with zero attached hydrogens (tertiary/aromatic N) is 1. The molecular formula is C29H24BrClN2O3S. The molecule has 1 N–H and O–H groups in total. The third kappa shape index (κ3) is 7.86. The fraction of sp³-hybridized carbons (Fsp3) is 0.103. The molecule has 0 bridgehead atoms. The SMILES string of the molecule is COc1cc(/C=N\NC(=O)c2ccc(CSc3ccccc3)cc2)cc(Br)c1OCc1ccc(Cl)cc1. The lowest BCUT2D eigenvalue weighted by atomic mass is 10.1. The molecular weight excluding hydrogens is 572 g/mol. The smallest absolute Gasteiger partial charge is 0.271 e. The van der Waals surface area contributed by atoms with Crippen LogP contribution in [0.2, 0.25) is 5.02 Å². The summed E-state index contributed by atoms with van der Waals surface area (Å²) in [5.74, 6) is 1.66. The van der Waals surface area contributed by atoms with Crippen molar-refractivity contribution in [1.29, 1.82) is 0 Å². The van der Waals surface area contributed by atoms with E-state index in [1.54, 1.807) is 43.3 Å². The van der Waals surface area contributed by atoms with Crippen LogP contribution in [0.3, 0.4) is 0 Å². The van der Waals surface area contributed by atoms with Crippen molar-refractivity contribution in [3.63, 3.8) is 0 Å². The monoisotopic (exact) mass is 594 g/mol. The zero-order valence-electron chi connectivity index (χ0n) is 20.0. The first-order valence-electron chi connectivity index (χ1n) is 11.4. The van der Waals surface area contributed by atoms with E-state index in [1.807, 2.05) is 60.7 Å². The van der Waals surface area contributed by atoms with E-state index >= 15 is 0 Å². The molecule has 4 aromatic carbocycles. The molecule has 0 radical (unpaired) electrons. The average molecular weight is 596 g/mol. The van der Waals surface area contributed by atoms with Crippen LogP contribution in [0.5, 0.6) is 11.5 Å². The van der Waals surface area contributed by atoms with E-state index in [0.717, 1.165) is 22.4 Å². The molecule has 0 spiro atoms. The highest BCUT2D eigenvalue weighted by Crippen LogP contribution is 2.37. The molecule has 0 aliphatic heterocycles. The van der Waals surface area contributed by atoms with Gasteiger partial charge in [0, 0.05) is 21.2 Å². The number of carbonyl (C=O) groups is 1. The van der Waals surface area contributed by atoms with Crippen LogP contribution in [0.25, 0.3) is 0 Å². The molecule has 4 aromatic rings.